The van der Waals surface area contributed by atoms with Crippen LogP contribution in [0.4, 0.5) is 17.1 Å². The molecule has 5 heteroatoms. The van der Waals surface area contributed by atoms with E-state index in [0.717, 1.165) is 48.1 Å². The summed E-state index contributed by atoms with van der Waals surface area (Å²) in [5, 5.41) is 6.78. The number of nitrogens with two attached hydrogens (primary N) is 1. The second-order valence-electron chi connectivity index (χ2n) is 7.42. The highest BCUT2D eigenvalue weighted by atomic mass is 15.2. The fourth-order valence-corrected chi connectivity index (χ4v) is 3.45. The predicted molar refractivity (Wildman–Crippen MR) is 126 cm³/mol. The van der Waals surface area contributed by atoms with Gasteiger partial charge in [0.25, 0.3) is 0 Å². The number of rotatable bonds is 9. The van der Waals surface area contributed by atoms with Gasteiger partial charge in [0.05, 0.1) is 6.54 Å². The smallest absolute Gasteiger partial charge is 0.200 e. The minimum Gasteiger partial charge on any atom is -0.399 e. The summed E-state index contributed by atoms with van der Waals surface area (Å²) in [7, 11) is 0. The molecule has 0 bridgehead atoms. The lowest BCUT2D eigenvalue weighted by Crippen LogP contribution is -2.32. The summed E-state index contributed by atoms with van der Waals surface area (Å²) in [6.07, 6.45) is 7.03. The van der Waals surface area contributed by atoms with E-state index in [9.17, 15) is 0 Å². The van der Waals surface area contributed by atoms with Crippen molar-refractivity contribution in [1.29, 1.82) is 0 Å². The van der Waals surface area contributed by atoms with Gasteiger partial charge in [0, 0.05) is 35.8 Å². The number of guanidine groups is 1. The predicted octanol–water partition coefficient (Wildman–Crippen LogP) is 5.09. The van der Waals surface area contributed by atoms with Gasteiger partial charge in [-0.05, 0) is 60.9 Å². The standard InChI is InChI=1S/C24H33N5/c1-3-5-6-18-29(17-4-2)22-13-11-21(12-14-22)27-24-26-16-15-23(28-24)19-7-9-20(25)10-8-19/h7-15H,3-6,16-18,25H2,1-2H3,(H2,26,27,28). The van der Waals surface area contributed by atoms with E-state index < -0.39 is 0 Å². The molecule has 0 saturated carbocycles. The van der Waals surface area contributed by atoms with Crippen LogP contribution in [0, 0.1) is 0 Å². The third-order valence-corrected chi connectivity index (χ3v) is 5.04. The van der Waals surface area contributed by atoms with Crippen LogP contribution < -0.4 is 21.3 Å². The molecule has 2 aromatic rings. The van der Waals surface area contributed by atoms with Crippen molar-refractivity contribution in [1.82, 2.24) is 5.32 Å². The minimum atomic E-state index is 0.648. The number of nitrogen functional groups attached to an aromatic ring is 1. The number of anilines is 3. The molecule has 5 nitrogen and oxygen atoms in total. The maximum absolute atomic E-state index is 5.79. The molecular formula is C24H33N5. The molecule has 0 amide bonds. The lowest BCUT2D eigenvalue weighted by Gasteiger charge is -2.25. The van der Waals surface area contributed by atoms with Gasteiger partial charge in [-0.25, -0.2) is 4.99 Å². The van der Waals surface area contributed by atoms with Gasteiger partial charge in [0.15, 0.2) is 0 Å². The monoisotopic (exact) mass is 391 g/mol. The third kappa shape index (κ3) is 6.01. The Morgan fingerprint density at radius 3 is 2.41 bits per heavy atom. The van der Waals surface area contributed by atoms with Gasteiger partial charge in [-0.1, -0.05) is 38.8 Å². The Labute approximate surface area is 174 Å². The summed E-state index contributed by atoms with van der Waals surface area (Å²) in [6.45, 7) is 7.36. The quantitative estimate of drug-likeness (QED) is 0.412. The van der Waals surface area contributed by atoms with E-state index in [1.165, 1.54) is 24.9 Å². The zero-order valence-corrected chi connectivity index (χ0v) is 17.6. The fraction of sp³-hybridized carbons (Fsp3) is 0.375. The van der Waals surface area contributed by atoms with Gasteiger partial charge in [0.1, 0.15) is 0 Å². The number of benzene rings is 2. The van der Waals surface area contributed by atoms with Crippen LogP contribution in [0.15, 0.2) is 59.6 Å². The summed E-state index contributed by atoms with van der Waals surface area (Å²) in [5.74, 6) is 0.764. The van der Waals surface area contributed by atoms with Gasteiger partial charge in [0.2, 0.25) is 5.96 Å². The zero-order valence-electron chi connectivity index (χ0n) is 17.6. The Balaban J connectivity index is 1.60. The summed E-state index contributed by atoms with van der Waals surface area (Å²) < 4.78 is 0. The molecule has 0 fully saturated rings. The molecule has 0 spiro atoms. The first-order valence-corrected chi connectivity index (χ1v) is 10.7. The molecule has 154 valence electrons. The van der Waals surface area contributed by atoms with Crippen molar-refractivity contribution < 1.29 is 0 Å². The van der Waals surface area contributed by atoms with Crippen molar-refractivity contribution >= 4 is 28.7 Å². The lowest BCUT2D eigenvalue weighted by molar-refractivity contribution is 0.669. The van der Waals surface area contributed by atoms with E-state index in [1.807, 2.05) is 24.3 Å². The van der Waals surface area contributed by atoms with Crippen molar-refractivity contribution in [2.45, 2.75) is 39.5 Å². The average molecular weight is 392 g/mol. The lowest BCUT2D eigenvalue weighted by atomic mass is 10.1. The van der Waals surface area contributed by atoms with Gasteiger partial charge >= 0.3 is 0 Å². The number of nitrogens with one attached hydrogen (secondary N) is 2. The fourth-order valence-electron chi connectivity index (χ4n) is 3.45. The normalized spacial score (nSPS) is 13.3. The number of hydrogen-bond acceptors (Lipinski definition) is 5. The summed E-state index contributed by atoms with van der Waals surface area (Å²) in [5.41, 5.74) is 11.0. The number of unbranched alkanes of at least 4 members (excludes halogenated alkanes) is 2. The van der Waals surface area contributed by atoms with Crippen molar-refractivity contribution in [3.8, 4) is 0 Å². The van der Waals surface area contributed by atoms with Crippen molar-refractivity contribution in [3.63, 3.8) is 0 Å². The van der Waals surface area contributed by atoms with E-state index in [2.05, 4.69) is 64.7 Å². The largest absolute Gasteiger partial charge is 0.399 e. The Morgan fingerprint density at radius 1 is 0.966 bits per heavy atom. The topological polar surface area (TPSA) is 65.7 Å². The van der Waals surface area contributed by atoms with Gasteiger partial charge in [-0.3, -0.25) is 0 Å². The summed E-state index contributed by atoms with van der Waals surface area (Å²) in [6, 6.07) is 16.5. The first-order valence-electron chi connectivity index (χ1n) is 10.7. The van der Waals surface area contributed by atoms with Crippen molar-refractivity contribution in [2.75, 3.05) is 35.6 Å². The Morgan fingerprint density at radius 2 is 1.72 bits per heavy atom. The third-order valence-electron chi connectivity index (χ3n) is 5.04. The minimum absolute atomic E-state index is 0.648. The highest BCUT2D eigenvalue weighted by Crippen LogP contribution is 2.20. The Hall–Kier alpha value is -2.95. The molecule has 1 aliphatic heterocycles. The molecular weight excluding hydrogens is 358 g/mol. The van der Waals surface area contributed by atoms with Crippen molar-refractivity contribution in [3.05, 3.63) is 60.2 Å². The molecule has 0 radical (unpaired) electrons. The molecule has 4 N–H and O–H groups in total. The first-order chi connectivity index (χ1) is 14.2. The average Bonchev–Trinajstić information content (AvgIpc) is 2.75. The van der Waals surface area contributed by atoms with Crippen LogP contribution in [-0.2, 0) is 0 Å². The van der Waals surface area contributed by atoms with E-state index in [4.69, 9.17) is 5.73 Å². The zero-order chi connectivity index (χ0) is 20.5. The van der Waals surface area contributed by atoms with E-state index >= 15 is 0 Å². The number of nitrogens with zero attached hydrogens (tertiary/aromatic N) is 2. The second-order valence-corrected chi connectivity index (χ2v) is 7.42. The maximum Gasteiger partial charge on any atom is 0.200 e. The van der Waals surface area contributed by atoms with Gasteiger partial charge < -0.3 is 21.3 Å². The number of hydrogen-bond donors (Lipinski definition) is 3. The Kier molecular flexibility index (Phi) is 7.56. The molecule has 0 unspecified atom stereocenters. The van der Waals surface area contributed by atoms with Crippen LogP contribution in [0.3, 0.4) is 0 Å². The van der Waals surface area contributed by atoms with E-state index in [-0.39, 0.29) is 0 Å². The van der Waals surface area contributed by atoms with E-state index in [1.54, 1.807) is 0 Å². The molecule has 1 aliphatic rings. The molecule has 0 aromatic heterocycles. The highest BCUT2D eigenvalue weighted by Gasteiger charge is 2.10. The van der Waals surface area contributed by atoms with Crippen LogP contribution in [0.5, 0.6) is 0 Å². The van der Waals surface area contributed by atoms with Crippen molar-refractivity contribution in [2.24, 2.45) is 4.99 Å². The first kappa shape index (κ1) is 20.8. The molecule has 1 heterocycles. The maximum atomic E-state index is 5.79. The molecule has 0 saturated heterocycles. The van der Waals surface area contributed by atoms with Crippen LogP contribution in [0.25, 0.3) is 5.70 Å². The van der Waals surface area contributed by atoms with Gasteiger partial charge in [-0.2, -0.15) is 0 Å². The molecule has 0 atom stereocenters. The van der Waals surface area contributed by atoms with E-state index in [0.29, 0.717) is 6.54 Å². The Bertz CT molecular complexity index is 821. The molecule has 3 rings (SSSR count). The van der Waals surface area contributed by atoms with Gasteiger partial charge in [-0.15, -0.1) is 0 Å². The molecule has 0 aliphatic carbocycles. The molecule has 29 heavy (non-hydrogen) atoms. The molecule has 2 aromatic carbocycles. The van der Waals surface area contributed by atoms with Crippen LogP contribution in [0.2, 0.25) is 0 Å². The van der Waals surface area contributed by atoms with Crippen LogP contribution in [-0.4, -0.2) is 25.6 Å². The summed E-state index contributed by atoms with van der Waals surface area (Å²) in [4.78, 5) is 7.02. The summed E-state index contributed by atoms with van der Waals surface area (Å²) >= 11 is 0. The highest BCUT2D eigenvalue weighted by molar-refractivity contribution is 6.00. The number of aliphatic imine (C=N–C) groups is 1. The van der Waals surface area contributed by atoms with Crippen LogP contribution in [0.1, 0.15) is 45.1 Å². The van der Waals surface area contributed by atoms with Crippen LogP contribution >= 0.6 is 0 Å². The SMILES string of the molecule is CCCCCN(CCC)c1ccc(NC2=NCC=C(c3ccc(N)cc3)N2)cc1. The second kappa shape index (κ2) is 10.6.